The Bertz CT molecular complexity index is 214. The molecule has 0 saturated heterocycles. The van der Waals surface area contributed by atoms with Crippen molar-refractivity contribution in [2.45, 2.75) is 39.5 Å². The van der Waals surface area contributed by atoms with Crippen molar-refractivity contribution in [3.05, 3.63) is 11.6 Å². The van der Waals surface area contributed by atoms with Crippen molar-refractivity contribution in [1.29, 1.82) is 0 Å². The predicted octanol–water partition coefficient (Wildman–Crippen LogP) is 2.60. The van der Waals surface area contributed by atoms with Crippen LogP contribution in [0.25, 0.3) is 0 Å². The highest BCUT2D eigenvalue weighted by Gasteiger charge is 2.31. The van der Waals surface area contributed by atoms with E-state index in [1.807, 2.05) is 0 Å². The third-order valence-corrected chi connectivity index (χ3v) is 2.63. The van der Waals surface area contributed by atoms with Gasteiger partial charge in [0, 0.05) is 0 Å². The van der Waals surface area contributed by atoms with Crippen molar-refractivity contribution in [1.82, 2.24) is 0 Å². The van der Waals surface area contributed by atoms with Crippen LogP contribution in [0.2, 0.25) is 0 Å². The zero-order chi connectivity index (χ0) is 9.19. The lowest BCUT2D eigenvalue weighted by Crippen LogP contribution is -2.26. The fourth-order valence-electron chi connectivity index (χ4n) is 1.54. The molecule has 0 bridgehead atoms. The molecule has 2 heteroatoms. The lowest BCUT2D eigenvalue weighted by Gasteiger charge is -2.25. The smallest absolute Gasteiger partial charge is 0.313 e. The van der Waals surface area contributed by atoms with Crippen LogP contribution in [-0.2, 0) is 4.79 Å². The SMILES string of the molecule is CC(C)(C(=O)O)C1=CCCCC1. The highest BCUT2D eigenvalue weighted by Crippen LogP contribution is 2.33. The molecule has 0 radical (unpaired) electrons. The molecule has 0 aromatic heterocycles. The van der Waals surface area contributed by atoms with Gasteiger partial charge in [0.15, 0.2) is 0 Å². The molecule has 0 amide bonds. The van der Waals surface area contributed by atoms with E-state index in [0.717, 1.165) is 24.8 Å². The summed E-state index contributed by atoms with van der Waals surface area (Å²) in [4.78, 5) is 10.9. The van der Waals surface area contributed by atoms with E-state index in [9.17, 15) is 4.79 Å². The number of carboxylic acid groups (broad SMARTS) is 1. The van der Waals surface area contributed by atoms with Gasteiger partial charge in [-0.05, 0) is 39.5 Å². The van der Waals surface area contributed by atoms with Gasteiger partial charge >= 0.3 is 5.97 Å². The third kappa shape index (κ3) is 1.68. The largest absolute Gasteiger partial charge is 0.481 e. The van der Waals surface area contributed by atoms with E-state index in [-0.39, 0.29) is 0 Å². The number of carboxylic acids is 1. The van der Waals surface area contributed by atoms with E-state index >= 15 is 0 Å². The average Bonchev–Trinajstić information content (AvgIpc) is 2.06. The Kier molecular flexibility index (Phi) is 2.55. The van der Waals surface area contributed by atoms with Gasteiger partial charge in [0.05, 0.1) is 5.41 Å². The van der Waals surface area contributed by atoms with Crippen LogP contribution in [0.3, 0.4) is 0 Å². The van der Waals surface area contributed by atoms with Crippen LogP contribution in [0.15, 0.2) is 11.6 Å². The average molecular weight is 168 g/mol. The molecule has 0 fully saturated rings. The Morgan fingerprint density at radius 2 is 2.17 bits per heavy atom. The van der Waals surface area contributed by atoms with Crippen LogP contribution in [0.1, 0.15) is 39.5 Å². The summed E-state index contributed by atoms with van der Waals surface area (Å²) < 4.78 is 0. The molecule has 0 atom stereocenters. The summed E-state index contributed by atoms with van der Waals surface area (Å²) in [6.45, 7) is 3.57. The Balaban J connectivity index is 2.79. The summed E-state index contributed by atoms with van der Waals surface area (Å²) in [6, 6.07) is 0. The molecule has 1 rings (SSSR count). The van der Waals surface area contributed by atoms with Crippen LogP contribution >= 0.6 is 0 Å². The maximum Gasteiger partial charge on any atom is 0.313 e. The summed E-state index contributed by atoms with van der Waals surface area (Å²) >= 11 is 0. The number of rotatable bonds is 2. The molecule has 12 heavy (non-hydrogen) atoms. The second-order valence-corrected chi connectivity index (χ2v) is 3.91. The number of hydrogen-bond acceptors (Lipinski definition) is 1. The summed E-state index contributed by atoms with van der Waals surface area (Å²) in [5, 5.41) is 8.95. The molecule has 0 saturated carbocycles. The van der Waals surface area contributed by atoms with E-state index in [1.54, 1.807) is 13.8 Å². The van der Waals surface area contributed by atoms with Gasteiger partial charge in [0.2, 0.25) is 0 Å². The fraction of sp³-hybridized carbons (Fsp3) is 0.700. The van der Waals surface area contributed by atoms with E-state index in [2.05, 4.69) is 6.08 Å². The van der Waals surface area contributed by atoms with Crippen LogP contribution < -0.4 is 0 Å². The van der Waals surface area contributed by atoms with Crippen LogP contribution in [-0.4, -0.2) is 11.1 Å². The van der Waals surface area contributed by atoms with Crippen molar-refractivity contribution >= 4 is 5.97 Å². The van der Waals surface area contributed by atoms with E-state index in [4.69, 9.17) is 5.11 Å². The summed E-state index contributed by atoms with van der Waals surface area (Å²) in [7, 11) is 0. The van der Waals surface area contributed by atoms with Gasteiger partial charge in [0.1, 0.15) is 0 Å². The molecule has 0 aromatic carbocycles. The molecule has 0 heterocycles. The molecule has 68 valence electrons. The highest BCUT2D eigenvalue weighted by atomic mass is 16.4. The van der Waals surface area contributed by atoms with Gasteiger partial charge in [-0.1, -0.05) is 11.6 Å². The van der Waals surface area contributed by atoms with Gasteiger partial charge in [0.25, 0.3) is 0 Å². The quantitative estimate of drug-likeness (QED) is 0.643. The van der Waals surface area contributed by atoms with Crippen molar-refractivity contribution in [3.63, 3.8) is 0 Å². The van der Waals surface area contributed by atoms with Crippen LogP contribution in [0.4, 0.5) is 0 Å². The number of carbonyl (C=O) groups is 1. The fourth-order valence-corrected chi connectivity index (χ4v) is 1.54. The minimum atomic E-state index is -0.712. The minimum Gasteiger partial charge on any atom is -0.481 e. The Hall–Kier alpha value is -0.790. The molecular formula is C10H16O2. The molecule has 1 aliphatic carbocycles. The van der Waals surface area contributed by atoms with Gasteiger partial charge in [-0.25, -0.2) is 0 Å². The Labute approximate surface area is 73.3 Å². The molecule has 0 spiro atoms. The predicted molar refractivity (Wildman–Crippen MR) is 48.0 cm³/mol. The second-order valence-electron chi connectivity index (χ2n) is 3.91. The van der Waals surface area contributed by atoms with Gasteiger partial charge in [-0.15, -0.1) is 0 Å². The zero-order valence-electron chi connectivity index (χ0n) is 7.76. The van der Waals surface area contributed by atoms with Crippen molar-refractivity contribution in [3.8, 4) is 0 Å². The maximum absolute atomic E-state index is 10.9. The first-order valence-corrected chi connectivity index (χ1v) is 4.48. The monoisotopic (exact) mass is 168 g/mol. The molecule has 0 aliphatic heterocycles. The molecular weight excluding hydrogens is 152 g/mol. The maximum atomic E-state index is 10.9. The standard InChI is InChI=1S/C10H16O2/c1-10(2,9(11)12)8-6-4-3-5-7-8/h6H,3-5,7H2,1-2H3,(H,11,12). The van der Waals surface area contributed by atoms with E-state index < -0.39 is 11.4 Å². The molecule has 0 unspecified atom stereocenters. The molecule has 1 N–H and O–H groups in total. The van der Waals surface area contributed by atoms with Crippen LogP contribution in [0.5, 0.6) is 0 Å². The van der Waals surface area contributed by atoms with Crippen molar-refractivity contribution in [2.24, 2.45) is 5.41 Å². The summed E-state index contributed by atoms with van der Waals surface area (Å²) in [5.41, 5.74) is 0.446. The van der Waals surface area contributed by atoms with Gasteiger partial charge in [-0.2, -0.15) is 0 Å². The number of hydrogen-bond donors (Lipinski definition) is 1. The van der Waals surface area contributed by atoms with E-state index in [0.29, 0.717) is 0 Å². The number of allylic oxidation sites excluding steroid dienone is 1. The third-order valence-electron chi connectivity index (χ3n) is 2.63. The Morgan fingerprint density at radius 3 is 2.58 bits per heavy atom. The summed E-state index contributed by atoms with van der Waals surface area (Å²) in [5.74, 6) is -0.712. The minimum absolute atomic E-state index is 0.652. The van der Waals surface area contributed by atoms with Gasteiger partial charge < -0.3 is 5.11 Å². The van der Waals surface area contributed by atoms with Crippen molar-refractivity contribution < 1.29 is 9.90 Å². The second kappa shape index (κ2) is 3.30. The highest BCUT2D eigenvalue weighted by molar-refractivity contribution is 5.77. The first kappa shape index (κ1) is 9.30. The molecule has 0 aromatic rings. The zero-order valence-corrected chi connectivity index (χ0v) is 7.76. The first-order chi connectivity index (χ1) is 5.55. The lowest BCUT2D eigenvalue weighted by atomic mass is 9.79. The topological polar surface area (TPSA) is 37.3 Å². The lowest BCUT2D eigenvalue weighted by molar-refractivity contribution is -0.144. The number of aliphatic carboxylic acids is 1. The van der Waals surface area contributed by atoms with Gasteiger partial charge in [-0.3, -0.25) is 4.79 Å². The normalized spacial score (nSPS) is 18.7. The van der Waals surface area contributed by atoms with E-state index in [1.165, 1.54) is 6.42 Å². The summed E-state index contributed by atoms with van der Waals surface area (Å²) in [6.07, 6.45) is 6.45. The molecule has 1 aliphatic rings. The Morgan fingerprint density at radius 1 is 1.50 bits per heavy atom. The first-order valence-electron chi connectivity index (χ1n) is 4.48. The van der Waals surface area contributed by atoms with Crippen molar-refractivity contribution in [2.75, 3.05) is 0 Å². The van der Waals surface area contributed by atoms with Crippen LogP contribution in [0, 0.1) is 5.41 Å². The molecule has 2 nitrogen and oxygen atoms in total.